The van der Waals surface area contributed by atoms with Gasteiger partial charge in [0.05, 0.1) is 16.3 Å². The molecule has 0 aliphatic carbocycles. The van der Waals surface area contributed by atoms with Crippen molar-refractivity contribution in [1.29, 1.82) is 0 Å². The second-order valence-corrected chi connectivity index (χ2v) is 32.5. The van der Waals surface area contributed by atoms with Crippen molar-refractivity contribution < 1.29 is 40.5 Å². The van der Waals surface area contributed by atoms with Gasteiger partial charge in [0.15, 0.2) is 0 Å². The summed E-state index contributed by atoms with van der Waals surface area (Å²) in [5.41, 5.74) is 2.75. The van der Waals surface area contributed by atoms with E-state index in [4.69, 9.17) is 76.4 Å². The minimum atomic E-state index is -4.37. The summed E-state index contributed by atoms with van der Waals surface area (Å²) in [6.45, 7) is 0.279. The molecule has 0 fully saturated rings. The molecule has 6 aromatic carbocycles. The Morgan fingerprint density at radius 2 is 0.862 bits per heavy atom. The van der Waals surface area contributed by atoms with Crippen LogP contribution in [0.2, 0.25) is 0 Å². The van der Waals surface area contributed by atoms with Gasteiger partial charge in [0.25, 0.3) is 19.2 Å². The van der Waals surface area contributed by atoms with Crippen molar-refractivity contribution in [3.05, 3.63) is 145 Å². The molecule has 6 aromatic rings. The van der Waals surface area contributed by atoms with Crippen molar-refractivity contribution in [2.75, 3.05) is 23.9 Å². The maximum absolute atomic E-state index is 12.4. The molecule has 0 aliphatic heterocycles. The molecule has 2 amide bonds. The Morgan fingerprint density at radius 1 is 0.534 bits per heavy atom. The summed E-state index contributed by atoms with van der Waals surface area (Å²) in [6.07, 6.45) is -1.11. The number of anilines is 2. The van der Waals surface area contributed by atoms with Crippen molar-refractivity contribution in [3.8, 4) is 0 Å². The van der Waals surface area contributed by atoms with Gasteiger partial charge in [0.1, 0.15) is 18.1 Å². The molecule has 0 heterocycles. The van der Waals surface area contributed by atoms with Crippen LogP contribution in [-0.2, 0) is 41.9 Å². The van der Waals surface area contributed by atoms with E-state index in [0.29, 0.717) is 32.9 Å². The predicted molar refractivity (Wildman–Crippen MR) is 237 cm³/mol. The third-order valence-electron chi connectivity index (χ3n) is 7.94. The summed E-state index contributed by atoms with van der Waals surface area (Å²) >= 11 is 24.9. The van der Waals surface area contributed by atoms with E-state index >= 15 is 0 Å². The Morgan fingerprint density at radius 3 is 1.22 bits per heavy atom. The van der Waals surface area contributed by atoms with Gasteiger partial charge in [-0.15, -0.1) is 0 Å². The van der Waals surface area contributed by atoms with E-state index in [1.807, 2.05) is 60.7 Å². The summed E-state index contributed by atoms with van der Waals surface area (Å²) in [5, 5.41) is 1.88. The Labute approximate surface area is 363 Å². The number of nitrogens with zero attached hydrogens (tertiary/aromatic N) is 2. The second kappa shape index (κ2) is 19.6. The van der Waals surface area contributed by atoms with Crippen LogP contribution in [0.1, 0.15) is 11.1 Å². The first-order valence-corrected chi connectivity index (χ1v) is 27.0. The molecular formula is C38H33Cl6N2O9PS2. The van der Waals surface area contributed by atoms with Crippen LogP contribution in [0.15, 0.2) is 143 Å². The molecule has 0 radical (unpaired) electrons. The first-order chi connectivity index (χ1) is 27.0. The number of hydrogen-bond donors (Lipinski definition) is 1. The fourth-order valence-electron chi connectivity index (χ4n) is 5.38. The van der Waals surface area contributed by atoms with Crippen LogP contribution in [0.5, 0.6) is 0 Å². The standard InChI is InChI=1S/C19H16ClNO4S.C19H17NO5S.Cl5P/c1-21(19(22)25-13-14-7-3-2-4-8-14)17-11-5-10-16-15(17)9-6-12-18(16)26(20,23)24;1-20(19(21)25-13-14-7-3-2-4-8-14)17-11-5-10-16-15(17)9-6-12-18(16)26(22,23)24;1-6(2,3,4)5/h2-12H,13H2,1H3;2-12H,13H2,1H3,(H,22,23,24);. The summed E-state index contributed by atoms with van der Waals surface area (Å²) in [4.78, 5) is 27.2. The van der Waals surface area contributed by atoms with E-state index < -0.39 is 34.7 Å². The van der Waals surface area contributed by atoms with Crippen LogP contribution in [0.3, 0.4) is 0 Å². The van der Waals surface area contributed by atoms with Crippen LogP contribution in [-0.4, -0.2) is 47.7 Å². The zero-order valence-electron chi connectivity index (χ0n) is 30.3. The van der Waals surface area contributed by atoms with E-state index in [9.17, 15) is 31.0 Å². The summed E-state index contributed by atoms with van der Waals surface area (Å²) in [6, 6.07) is 37.8. The molecule has 1 N–H and O–H groups in total. The number of rotatable bonds is 8. The maximum atomic E-state index is 12.4. The Kier molecular flexibility index (Phi) is 16.0. The number of ether oxygens (including phenoxy) is 2. The molecule has 308 valence electrons. The van der Waals surface area contributed by atoms with E-state index in [0.717, 1.165) is 11.1 Å². The molecule has 6 rings (SSSR count). The zero-order chi connectivity index (χ0) is 42.9. The number of carbonyl (C=O) groups excluding carboxylic acids is 2. The summed E-state index contributed by atoms with van der Waals surface area (Å²) in [5.74, 6) is 0. The number of carbonyl (C=O) groups is 2. The van der Waals surface area contributed by atoms with E-state index in [1.54, 1.807) is 68.7 Å². The van der Waals surface area contributed by atoms with Crippen molar-refractivity contribution in [3.63, 3.8) is 0 Å². The van der Waals surface area contributed by atoms with Crippen LogP contribution < -0.4 is 9.80 Å². The second-order valence-electron chi connectivity index (χ2n) is 12.0. The SMILES string of the molecule is CN(C(=O)OCc1ccccc1)c1cccc2c(S(=O)(=O)Cl)cccc12.CN(C(=O)OCc1ccccc1)c1cccc2c(S(=O)(=O)O)cccc12.ClP(Cl)(Cl)(Cl)Cl. The third-order valence-corrected chi connectivity index (χ3v) is 10.2. The molecular weight excluding hydrogens is 936 g/mol. The van der Waals surface area contributed by atoms with Crippen LogP contribution >= 0.6 is 70.3 Å². The number of benzene rings is 6. The molecule has 0 bridgehead atoms. The van der Waals surface area contributed by atoms with Crippen molar-refractivity contribution in [2.24, 2.45) is 0 Å². The Balaban J connectivity index is 0.000000225. The zero-order valence-corrected chi connectivity index (χ0v) is 37.3. The van der Waals surface area contributed by atoms with E-state index in [2.05, 4.69) is 0 Å². The number of fused-ring (bicyclic) bond motifs is 2. The average molecular weight is 970 g/mol. The molecule has 0 spiro atoms. The number of halogens is 6. The average Bonchev–Trinajstić information content (AvgIpc) is 3.16. The topological polar surface area (TPSA) is 148 Å². The molecule has 0 unspecified atom stereocenters. The first kappa shape index (κ1) is 47.1. The van der Waals surface area contributed by atoms with Gasteiger partial charge >= 0.3 is 71.8 Å². The van der Waals surface area contributed by atoms with Gasteiger partial charge in [-0.3, -0.25) is 14.4 Å². The van der Waals surface area contributed by atoms with Crippen LogP contribution in [0, 0.1) is 0 Å². The van der Waals surface area contributed by atoms with E-state index in [-0.39, 0.29) is 23.0 Å². The van der Waals surface area contributed by atoms with Gasteiger partial charge in [-0.05, 0) is 35.4 Å². The van der Waals surface area contributed by atoms with Gasteiger partial charge in [0.2, 0.25) is 0 Å². The normalized spacial score (nSPS) is 12.1. The summed E-state index contributed by atoms with van der Waals surface area (Å²) < 4.78 is 63.1. The molecule has 20 heteroatoms. The molecule has 11 nitrogen and oxygen atoms in total. The molecule has 0 aliphatic rings. The Bertz CT molecular complexity index is 2450. The molecule has 0 saturated carbocycles. The number of hydrogen-bond acceptors (Lipinski definition) is 8. The van der Waals surface area contributed by atoms with E-state index in [1.165, 1.54) is 28.0 Å². The third kappa shape index (κ3) is 14.3. The fourth-order valence-corrected chi connectivity index (χ4v) is 7.17. The predicted octanol–water partition coefficient (Wildman–Crippen LogP) is 12.7. The van der Waals surface area contributed by atoms with Crippen molar-refractivity contribution in [2.45, 2.75) is 23.0 Å². The van der Waals surface area contributed by atoms with Gasteiger partial charge in [-0.2, -0.15) is 8.42 Å². The van der Waals surface area contributed by atoms with Crippen molar-refractivity contribution >= 4 is 135 Å². The van der Waals surface area contributed by atoms with Gasteiger partial charge in [-0.25, -0.2) is 18.0 Å². The van der Waals surface area contributed by atoms with Gasteiger partial charge < -0.3 is 9.47 Å². The molecule has 58 heavy (non-hydrogen) atoms. The minimum absolute atomic E-state index is 0.00423. The fraction of sp³-hybridized carbons (Fsp3) is 0.105. The summed E-state index contributed by atoms with van der Waals surface area (Å²) in [7, 11) is 0.360. The monoisotopic (exact) mass is 966 g/mol. The first-order valence-electron chi connectivity index (χ1n) is 16.4. The van der Waals surface area contributed by atoms with Gasteiger partial charge in [0, 0.05) is 46.3 Å². The molecule has 0 aromatic heterocycles. The molecule has 0 atom stereocenters. The Hall–Kier alpha value is -3.59. The quantitative estimate of drug-likeness (QED) is 0.0894. The van der Waals surface area contributed by atoms with Crippen molar-refractivity contribution in [1.82, 2.24) is 0 Å². The van der Waals surface area contributed by atoms with Crippen LogP contribution in [0.4, 0.5) is 21.0 Å². The van der Waals surface area contributed by atoms with Crippen LogP contribution in [0.25, 0.3) is 21.5 Å². The van der Waals surface area contributed by atoms with Gasteiger partial charge in [-0.1, -0.05) is 109 Å². The number of amides is 2. The molecule has 0 saturated heterocycles.